The minimum absolute atomic E-state index is 0.0749. The van der Waals surface area contributed by atoms with Crippen molar-refractivity contribution in [2.45, 2.75) is 20.3 Å². The van der Waals surface area contributed by atoms with Gasteiger partial charge in [-0.25, -0.2) is 4.98 Å². The monoisotopic (exact) mass is 247 g/mol. The van der Waals surface area contributed by atoms with Gasteiger partial charge in [0.25, 0.3) is 5.91 Å². The molecule has 2 rings (SSSR count). The van der Waals surface area contributed by atoms with Crippen molar-refractivity contribution in [1.29, 1.82) is 0 Å². The number of nitrogens with one attached hydrogen (secondary N) is 1. The summed E-state index contributed by atoms with van der Waals surface area (Å²) in [5.41, 5.74) is 3.11. The number of amides is 1. The van der Waals surface area contributed by atoms with Crippen molar-refractivity contribution in [3.05, 3.63) is 35.3 Å². The zero-order valence-corrected chi connectivity index (χ0v) is 10.6. The van der Waals surface area contributed by atoms with Crippen LogP contribution in [0.2, 0.25) is 0 Å². The van der Waals surface area contributed by atoms with E-state index < -0.39 is 0 Å². The molecule has 0 aliphatic carbocycles. The number of hydrogen-bond acceptors (Lipinski definition) is 3. The predicted octanol–water partition coefficient (Wildman–Crippen LogP) is 1.06. The molecule has 0 radical (unpaired) electrons. The van der Waals surface area contributed by atoms with Crippen LogP contribution >= 0.6 is 0 Å². The van der Waals surface area contributed by atoms with Crippen LogP contribution in [-0.4, -0.2) is 33.6 Å². The zero-order chi connectivity index (χ0) is 13.1. The van der Waals surface area contributed by atoms with E-state index in [2.05, 4.69) is 10.3 Å². The lowest BCUT2D eigenvalue weighted by Crippen LogP contribution is -2.26. The average Bonchev–Trinajstić information content (AvgIpc) is 2.64. The molecule has 1 amide bonds. The van der Waals surface area contributed by atoms with Crippen molar-refractivity contribution >= 4 is 11.6 Å². The first-order chi connectivity index (χ1) is 8.63. The van der Waals surface area contributed by atoms with E-state index in [-0.39, 0.29) is 12.5 Å². The number of hydrogen-bond donors (Lipinski definition) is 2. The summed E-state index contributed by atoms with van der Waals surface area (Å²) in [6.45, 7) is 4.34. The van der Waals surface area contributed by atoms with Crippen LogP contribution in [0.4, 0.5) is 0 Å². The number of aliphatic hydroxyl groups excluding tert-OH is 1. The van der Waals surface area contributed by atoms with E-state index in [1.807, 2.05) is 32.2 Å². The Kier molecular flexibility index (Phi) is 3.62. The Balaban J connectivity index is 2.34. The van der Waals surface area contributed by atoms with Crippen molar-refractivity contribution in [2.75, 3.05) is 13.2 Å². The van der Waals surface area contributed by atoms with E-state index in [1.54, 1.807) is 4.40 Å². The lowest BCUT2D eigenvalue weighted by atomic mass is 10.3. The second kappa shape index (κ2) is 5.18. The first kappa shape index (κ1) is 12.6. The Morgan fingerprint density at radius 3 is 2.94 bits per heavy atom. The van der Waals surface area contributed by atoms with Crippen LogP contribution in [0.15, 0.2) is 18.3 Å². The lowest BCUT2D eigenvalue weighted by Gasteiger charge is -2.05. The number of nitrogens with zero attached hydrogens (tertiary/aromatic N) is 2. The van der Waals surface area contributed by atoms with Crippen molar-refractivity contribution in [1.82, 2.24) is 14.7 Å². The standard InChI is InChI=1S/C13H17N3O2/c1-9-4-5-11-15-10(2)12(16(11)8-9)13(18)14-6-3-7-17/h4-5,8,17H,3,6-7H2,1-2H3,(H,14,18). The Hall–Kier alpha value is -1.88. The molecule has 0 spiro atoms. The molecule has 2 heterocycles. The Morgan fingerprint density at radius 2 is 2.22 bits per heavy atom. The van der Waals surface area contributed by atoms with Gasteiger partial charge in [-0.15, -0.1) is 0 Å². The van der Waals surface area contributed by atoms with E-state index in [0.29, 0.717) is 24.4 Å². The maximum Gasteiger partial charge on any atom is 0.270 e. The number of rotatable bonds is 4. The number of imidazole rings is 1. The highest BCUT2D eigenvalue weighted by Gasteiger charge is 2.15. The summed E-state index contributed by atoms with van der Waals surface area (Å²) in [5, 5.41) is 11.5. The summed E-state index contributed by atoms with van der Waals surface area (Å²) in [6.07, 6.45) is 2.46. The molecule has 0 aliphatic heterocycles. The maximum absolute atomic E-state index is 12.1. The van der Waals surface area contributed by atoms with Crippen LogP contribution in [0.3, 0.4) is 0 Å². The smallest absolute Gasteiger partial charge is 0.270 e. The van der Waals surface area contributed by atoms with Gasteiger partial charge in [0, 0.05) is 19.3 Å². The van der Waals surface area contributed by atoms with Gasteiger partial charge >= 0.3 is 0 Å². The zero-order valence-electron chi connectivity index (χ0n) is 10.6. The second-order valence-corrected chi connectivity index (χ2v) is 4.31. The van der Waals surface area contributed by atoms with Gasteiger partial charge in [0.1, 0.15) is 11.3 Å². The third-order valence-corrected chi connectivity index (χ3v) is 2.78. The molecule has 0 bridgehead atoms. The fourth-order valence-electron chi connectivity index (χ4n) is 1.91. The number of carbonyl (C=O) groups excluding carboxylic acids is 1. The molecule has 5 nitrogen and oxygen atoms in total. The molecule has 2 N–H and O–H groups in total. The molecule has 0 atom stereocenters. The molecule has 2 aromatic rings. The third-order valence-electron chi connectivity index (χ3n) is 2.78. The number of aromatic nitrogens is 2. The summed E-state index contributed by atoms with van der Waals surface area (Å²) in [5.74, 6) is -0.154. The molecule has 0 saturated heterocycles. The van der Waals surface area contributed by atoms with Crippen molar-refractivity contribution < 1.29 is 9.90 Å². The number of fused-ring (bicyclic) bond motifs is 1. The number of aryl methyl sites for hydroxylation is 2. The minimum atomic E-state index is -0.154. The highest BCUT2D eigenvalue weighted by atomic mass is 16.3. The molecule has 2 aromatic heterocycles. The highest BCUT2D eigenvalue weighted by Crippen LogP contribution is 2.13. The first-order valence-corrected chi connectivity index (χ1v) is 5.98. The summed E-state index contributed by atoms with van der Waals surface area (Å²) in [7, 11) is 0. The summed E-state index contributed by atoms with van der Waals surface area (Å²) in [4.78, 5) is 16.4. The molecular weight excluding hydrogens is 230 g/mol. The normalized spacial score (nSPS) is 10.8. The van der Waals surface area contributed by atoms with Gasteiger partial charge in [0.2, 0.25) is 0 Å². The quantitative estimate of drug-likeness (QED) is 0.794. The third kappa shape index (κ3) is 2.36. The highest BCUT2D eigenvalue weighted by molar-refractivity contribution is 5.94. The molecule has 0 fully saturated rings. The van der Waals surface area contributed by atoms with Crippen molar-refractivity contribution in [3.8, 4) is 0 Å². The summed E-state index contributed by atoms with van der Waals surface area (Å²) >= 11 is 0. The molecule has 5 heteroatoms. The van der Waals surface area contributed by atoms with Crippen LogP contribution in [0.5, 0.6) is 0 Å². The Labute approximate surface area is 105 Å². The molecule has 0 unspecified atom stereocenters. The maximum atomic E-state index is 12.1. The average molecular weight is 247 g/mol. The number of carbonyl (C=O) groups is 1. The summed E-state index contributed by atoms with van der Waals surface area (Å²) < 4.78 is 1.80. The van der Waals surface area contributed by atoms with Gasteiger partial charge in [-0.05, 0) is 31.9 Å². The summed E-state index contributed by atoms with van der Waals surface area (Å²) in [6, 6.07) is 3.86. The van der Waals surface area contributed by atoms with Gasteiger partial charge in [0.15, 0.2) is 0 Å². The van der Waals surface area contributed by atoms with Crippen LogP contribution in [0, 0.1) is 13.8 Å². The molecule has 0 aromatic carbocycles. The van der Waals surface area contributed by atoms with Gasteiger partial charge < -0.3 is 10.4 Å². The largest absolute Gasteiger partial charge is 0.396 e. The lowest BCUT2D eigenvalue weighted by molar-refractivity contribution is 0.0944. The van der Waals surface area contributed by atoms with Crippen molar-refractivity contribution in [3.63, 3.8) is 0 Å². The second-order valence-electron chi connectivity index (χ2n) is 4.31. The molecule has 0 aliphatic rings. The topological polar surface area (TPSA) is 66.6 Å². The minimum Gasteiger partial charge on any atom is -0.396 e. The van der Waals surface area contributed by atoms with Gasteiger partial charge in [-0.1, -0.05) is 6.07 Å². The molecular formula is C13H17N3O2. The molecule has 96 valence electrons. The fourth-order valence-corrected chi connectivity index (χ4v) is 1.91. The predicted molar refractivity (Wildman–Crippen MR) is 68.7 cm³/mol. The van der Waals surface area contributed by atoms with Crippen molar-refractivity contribution in [2.24, 2.45) is 0 Å². The fraction of sp³-hybridized carbons (Fsp3) is 0.385. The van der Waals surface area contributed by atoms with Gasteiger partial charge in [-0.3, -0.25) is 9.20 Å². The van der Waals surface area contributed by atoms with Gasteiger partial charge in [0.05, 0.1) is 5.69 Å². The first-order valence-electron chi connectivity index (χ1n) is 5.98. The molecule has 18 heavy (non-hydrogen) atoms. The van der Waals surface area contributed by atoms with E-state index >= 15 is 0 Å². The van der Waals surface area contributed by atoms with E-state index in [0.717, 1.165) is 11.2 Å². The Bertz CT molecular complexity index is 575. The van der Waals surface area contributed by atoms with E-state index in [1.165, 1.54) is 0 Å². The molecule has 0 saturated carbocycles. The van der Waals surface area contributed by atoms with Crippen LogP contribution in [0.25, 0.3) is 5.65 Å². The van der Waals surface area contributed by atoms with Crippen LogP contribution in [0.1, 0.15) is 28.2 Å². The van der Waals surface area contributed by atoms with Crippen LogP contribution < -0.4 is 5.32 Å². The Morgan fingerprint density at radius 1 is 1.44 bits per heavy atom. The van der Waals surface area contributed by atoms with Gasteiger partial charge in [-0.2, -0.15) is 0 Å². The van der Waals surface area contributed by atoms with Crippen LogP contribution in [-0.2, 0) is 0 Å². The number of aliphatic hydroxyl groups is 1. The number of pyridine rings is 1. The SMILES string of the molecule is Cc1ccc2nc(C)c(C(=O)NCCCO)n2c1. The van der Waals surface area contributed by atoms with E-state index in [9.17, 15) is 4.79 Å². The van der Waals surface area contributed by atoms with E-state index in [4.69, 9.17) is 5.11 Å².